The first-order chi connectivity index (χ1) is 4.93. The van der Waals surface area contributed by atoms with Crippen LogP contribution < -0.4 is 5.32 Å². The molecule has 10 heavy (non-hydrogen) atoms. The Morgan fingerprint density at radius 2 is 2.50 bits per heavy atom. The third-order valence-corrected chi connectivity index (χ3v) is 1.04. The Labute approximate surface area is 60.3 Å². The van der Waals surface area contributed by atoms with Crippen molar-refractivity contribution in [1.29, 1.82) is 0 Å². The zero-order valence-electron chi connectivity index (χ0n) is 5.54. The minimum atomic E-state index is 0.525. The number of hydrogen-bond acceptors (Lipinski definition) is 2. The summed E-state index contributed by atoms with van der Waals surface area (Å²) in [5, 5.41) is 2.95. The maximum absolute atomic E-state index is 5.04. The number of nitrogens with one attached hydrogen (secondary N) is 1. The molecule has 50 valence electrons. The van der Waals surface area contributed by atoms with Gasteiger partial charge in [-0.05, 0) is 12.1 Å². The van der Waals surface area contributed by atoms with Gasteiger partial charge in [-0.15, -0.1) is 6.42 Å². The summed E-state index contributed by atoms with van der Waals surface area (Å²) in [4.78, 5) is 4.01. The largest absolute Gasteiger partial charge is 0.359 e. The zero-order valence-corrected chi connectivity index (χ0v) is 5.54. The van der Waals surface area contributed by atoms with Crippen LogP contribution in [0.3, 0.4) is 0 Å². The number of aromatic nitrogens is 1. The molecule has 0 aliphatic heterocycles. The van der Waals surface area contributed by atoms with Gasteiger partial charge >= 0.3 is 0 Å². The van der Waals surface area contributed by atoms with Crippen molar-refractivity contribution < 1.29 is 0 Å². The molecule has 0 amide bonds. The van der Waals surface area contributed by atoms with E-state index in [1.54, 1.807) is 6.20 Å². The van der Waals surface area contributed by atoms with Crippen molar-refractivity contribution in [2.75, 3.05) is 11.9 Å². The topological polar surface area (TPSA) is 24.9 Å². The first-order valence-electron chi connectivity index (χ1n) is 3.02. The summed E-state index contributed by atoms with van der Waals surface area (Å²) in [5.41, 5.74) is 0. The molecule has 2 heteroatoms. The molecule has 0 aromatic carbocycles. The molecule has 1 aromatic rings. The standard InChI is InChI=1S/C8H8N2/c1-2-6-9-8-5-3-4-7-10-8/h1,3-5,7H,6H2,(H,9,10). The van der Waals surface area contributed by atoms with Gasteiger partial charge in [0.2, 0.25) is 0 Å². The molecule has 0 atom stereocenters. The molecule has 1 N–H and O–H groups in total. The van der Waals surface area contributed by atoms with Crippen LogP contribution in [-0.4, -0.2) is 11.5 Å². The van der Waals surface area contributed by atoms with Crippen LogP contribution in [0.25, 0.3) is 0 Å². The van der Waals surface area contributed by atoms with E-state index < -0.39 is 0 Å². The van der Waals surface area contributed by atoms with Crippen molar-refractivity contribution in [2.24, 2.45) is 0 Å². The SMILES string of the molecule is C#CCNc1ccccn1. The molecule has 0 bridgehead atoms. The Morgan fingerprint density at radius 3 is 3.10 bits per heavy atom. The predicted octanol–water partition coefficient (Wildman–Crippen LogP) is 1.13. The monoisotopic (exact) mass is 132 g/mol. The first-order valence-corrected chi connectivity index (χ1v) is 3.02. The fourth-order valence-corrected chi connectivity index (χ4v) is 0.609. The Hall–Kier alpha value is -1.49. The third kappa shape index (κ3) is 1.79. The van der Waals surface area contributed by atoms with Gasteiger partial charge in [0.05, 0.1) is 6.54 Å². The van der Waals surface area contributed by atoms with Crippen molar-refractivity contribution in [3.05, 3.63) is 24.4 Å². The summed E-state index contributed by atoms with van der Waals surface area (Å²) >= 11 is 0. The van der Waals surface area contributed by atoms with Crippen molar-refractivity contribution in [2.45, 2.75) is 0 Å². The molecule has 0 spiro atoms. The Balaban J connectivity index is 2.52. The van der Waals surface area contributed by atoms with Crippen molar-refractivity contribution in [1.82, 2.24) is 4.98 Å². The minimum Gasteiger partial charge on any atom is -0.359 e. The lowest BCUT2D eigenvalue weighted by molar-refractivity contribution is 1.25. The molecule has 0 saturated heterocycles. The summed E-state index contributed by atoms with van der Waals surface area (Å²) in [7, 11) is 0. The van der Waals surface area contributed by atoms with Crippen LogP contribution in [0.1, 0.15) is 0 Å². The summed E-state index contributed by atoms with van der Waals surface area (Å²) in [6.45, 7) is 0.525. The van der Waals surface area contributed by atoms with Crippen LogP contribution in [0.2, 0.25) is 0 Å². The van der Waals surface area contributed by atoms with E-state index in [-0.39, 0.29) is 0 Å². The van der Waals surface area contributed by atoms with E-state index >= 15 is 0 Å². The molecule has 0 unspecified atom stereocenters. The highest BCUT2D eigenvalue weighted by atomic mass is 15.0. The molecule has 0 radical (unpaired) electrons. The number of anilines is 1. The minimum absolute atomic E-state index is 0.525. The van der Waals surface area contributed by atoms with Crippen molar-refractivity contribution in [3.8, 4) is 12.3 Å². The van der Waals surface area contributed by atoms with Gasteiger partial charge in [-0.1, -0.05) is 12.0 Å². The fraction of sp³-hybridized carbons (Fsp3) is 0.125. The van der Waals surface area contributed by atoms with Crippen LogP contribution in [0, 0.1) is 12.3 Å². The molecular weight excluding hydrogens is 124 g/mol. The molecule has 1 aromatic heterocycles. The average molecular weight is 132 g/mol. The van der Waals surface area contributed by atoms with Gasteiger partial charge in [-0.2, -0.15) is 0 Å². The van der Waals surface area contributed by atoms with E-state index in [0.29, 0.717) is 6.54 Å². The maximum Gasteiger partial charge on any atom is 0.126 e. The van der Waals surface area contributed by atoms with E-state index in [0.717, 1.165) is 5.82 Å². The summed E-state index contributed by atoms with van der Waals surface area (Å²) in [5.74, 6) is 3.28. The number of terminal acetylenes is 1. The molecule has 0 saturated carbocycles. The van der Waals surface area contributed by atoms with Gasteiger partial charge < -0.3 is 5.32 Å². The van der Waals surface area contributed by atoms with Gasteiger partial charge in [0.15, 0.2) is 0 Å². The quantitative estimate of drug-likeness (QED) is 0.610. The first kappa shape index (κ1) is 6.63. The van der Waals surface area contributed by atoms with E-state index in [1.807, 2.05) is 18.2 Å². The van der Waals surface area contributed by atoms with Crippen LogP contribution in [0.15, 0.2) is 24.4 Å². The Bertz CT molecular complexity index is 223. The fourth-order valence-electron chi connectivity index (χ4n) is 0.609. The highest BCUT2D eigenvalue weighted by Gasteiger charge is 1.84. The number of rotatable bonds is 2. The zero-order chi connectivity index (χ0) is 7.23. The van der Waals surface area contributed by atoms with Crippen molar-refractivity contribution in [3.63, 3.8) is 0 Å². The molecule has 0 aliphatic carbocycles. The van der Waals surface area contributed by atoms with Gasteiger partial charge in [0, 0.05) is 6.20 Å². The number of hydrogen-bond donors (Lipinski definition) is 1. The third-order valence-electron chi connectivity index (χ3n) is 1.04. The van der Waals surface area contributed by atoms with E-state index in [2.05, 4.69) is 16.2 Å². The predicted molar refractivity (Wildman–Crippen MR) is 41.6 cm³/mol. The lowest BCUT2D eigenvalue weighted by Gasteiger charge is -1.97. The molecule has 2 nitrogen and oxygen atoms in total. The Morgan fingerprint density at radius 1 is 1.60 bits per heavy atom. The van der Waals surface area contributed by atoms with E-state index in [9.17, 15) is 0 Å². The van der Waals surface area contributed by atoms with Gasteiger partial charge in [-0.3, -0.25) is 0 Å². The second-order valence-electron chi connectivity index (χ2n) is 1.77. The molecule has 0 fully saturated rings. The van der Waals surface area contributed by atoms with Gasteiger partial charge in [-0.25, -0.2) is 4.98 Å². The van der Waals surface area contributed by atoms with Crippen LogP contribution in [-0.2, 0) is 0 Å². The molecular formula is C8H8N2. The van der Waals surface area contributed by atoms with Gasteiger partial charge in [0.25, 0.3) is 0 Å². The van der Waals surface area contributed by atoms with Gasteiger partial charge in [0.1, 0.15) is 5.82 Å². The van der Waals surface area contributed by atoms with Crippen molar-refractivity contribution >= 4 is 5.82 Å². The van der Waals surface area contributed by atoms with E-state index in [4.69, 9.17) is 6.42 Å². The smallest absolute Gasteiger partial charge is 0.126 e. The normalized spacial score (nSPS) is 8.30. The lowest BCUT2D eigenvalue weighted by Crippen LogP contribution is -1.99. The molecule has 1 heterocycles. The van der Waals surface area contributed by atoms with Crippen LogP contribution >= 0.6 is 0 Å². The molecule has 0 aliphatic rings. The summed E-state index contributed by atoms with van der Waals surface area (Å²) in [6, 6.07) is 5.64. The number of pyridine rings is 1. The second kappa shape index (κ2) is 3.52. The summed E-state index contributed by atoms with van der Waals surface area (Å²) in [6.07, 6.45) is 6.76. The highest BCUT2D eigenvalue weighted by molar-refractivity contribution is 5.34. The van der Waals surface area contributed by atoms with Crippen LogP contribution in [0.5, 0.6) is 0 Å². The Kier molecular flexibility index (Phi) is 2.33. The molecule has 1 rings (SSSR count). The second-order valence-corrected chi connectivity index (χ2v) is 1.77. The highest BCUT2D eigenvalue weighted by Crippen LogP contribution is 1.97. The lowest BCUT2D eigenvalue weighted by atomic mass is 10.4. The maximum atomic E-state index is 5.04. The number of nitrogens with zero attached hydrogens (tertiary/aromatic N) is 1. The summed E-state index contributed by atoms with van der Waals surface area (Å²) < 4.78 is 0. The van der Waals surface area contributed by atoms with Crippen LogP contribution in [0.4, 0.5) is 5.82 Å². The van der Waals surface area contributed by atoms with E-state index in [1.165, 1.54) is 0 Å². The average Bonchev–Trinajstić information content (AvgIpc) is 2.03.